The van der Waals surface area contributed by atoms with Gasteiger partial charge < -0.3 is 14.9 Å². The Kier molecular flexibility index (Phi) is 10.6. The predicted molar refractivity (Wildman–Crippen MR) is 41.2 cm³/mol. The lowest BCUT2D eigenvalue weighted by Gasteiger charge is -1.99. The van der Waals surface area contributed by atoms with Crippen molar-refractivity contribution in [3.63, 3.8) is 0 Å². The predicted octanol–water partition coefficient (Wildman–Crippen LogP) is -0.290. The zero-order valence-corrected chi connectivity index (χ0v) is 6.74. The molecule has 0 spiro atoms. The fourth-order valence-electron chi connectivity index (χ4n) is 0.262. The monoisotopic (exact) mass is 175 g/mol. The second-order valence-corrected chi connectivity index (χ2v) is 1.73. The molecule has 0 heterocycles. The van der Waals surface area contributed by atoms with Crippen molar-refractivity contribution >= 4 is 12.4 Å². The van der Waals surface area contributed by atoms with Crippen LogP contribution >= 0.6 is 0 Å². The van der Waals surface area contributed by atoms with Crippen LogP contribution in [0.3, 0.4) is 0 Å². The lowest BCUT2D eigenvalue weighted by molar-refractivity contribution is -0.139. The molecular weight excluding hydrogens is 164 g/mol. The number of aliphatic hydroxyl groups is 1. The molecule has 0 aliphatic carbocycles. The second-order valence-electron chi connectivity index (χ2n) is 1.73. The van der Waals surface area contributed by atoms with Gasteiger partial charge in [-0.3, -0.25) is 0 Å². The molecule has 0 saturated carbocycles. The summed E-state index contributed by atoms with van der Waals surface area (Å²) in [4.78, 5) is 18.7. The first-order valence-electron chi connectivity index (χ1n) is 3.04. The Hall–Kier alpha value is -1.36. The van der Waals surface area contributed by atoms with Gasteiger partial charge in [0.15, 0.2) is 0 Å². The van der Waals surface area contributed by atoms with Gasteiger partial charge in [0, 0.05) is 5.57 Å². The minimum absolute atomic E-state index is 0.0473. The molecule has 0 bridgehead atoms. The normalized spacial score (nSPS) is 7.50. The van der Waals surface area contributed by atoms with Gasteiger partial charge in [-0.05, 0) is 6.92 Å². The van der Waals surface area contributed by atoms with Crippen molar-refractivity contribution in [1.29, 1.82) is 0 Å². The van der Waals surface area contributed by atoms with Gasteiger partial charge in [-0.1, -0.05) is 6.58 Å². The molecule has 0 aromatic heterocycles. The summed E-state index contributed by atoms with van der Waals surface area (Å²) in [6, 6.07) is 0. The molecule has 0 rings (SSSR count). The summed E-state index contributed by atoms with van der Waals surface area (Å²) in [7, 11) is 0. The quantitative estimate of drug-likeness (QED) is 0.455. The van der Waals surface area contributed by atoms with Crippen LogP contribution in [0.25, 0.3) is 0 Å². The highest BCUT2D eigenvalue weighted by molar-refractivity contribution is 5.86. The standard InChI is InChI=1S/C6H10O3.CHO2/c1-5(2)6(8)9-4-3-7;2-1-3/h7H,1,3-4H2,2H3;(H,2,3). The molecule has 0 aliphatic heterocycles. The second kappa shape index (κ2) is 9.64. The molecule has 0 amide bonds. The average Bonchev–Trinajstić information content (AvgIpc) is 2.01. The molecule has 0 aromatic carbocycles. The van der Waals surface area contributed by atoms with Crippen molar-refractivity contribution in [2.24, 2.45) is 0 Å². The molecule has 12 heavy (non-hydrogen) atoms. The fourth-order valence-corrected chi connectivity index (χ4v) is 0.262. The van der Waals surface area contributed by atoms with Crippen molar-refractivity contribution in [2.75, 3.05) is 13.2 Å². The number of aliphatic hydroxyl groups excluding tert-OH is 2. The maximum atomic E-state index is 10.5. The van der Waals surface area contributed by atoms with Crippen LogP contribution in [0.15, 0.2) is 12.2 Å². The molecule has 5 heteroatoms. The van der Waals surface area contributed by atoms with E-state index < -0.39 is 5.97 Å². The van der Waals surface area contributed by atoms with Crippen LogP contribution in [-0.2, 0) is 14.3 Å². The summed E-state index contributed by atoms with van der Waals surface area (Å²) in [5.41, 5.74) is 0.350. The Morgan fingerprint density at radius 2 is 2.08 bits per heavy atom. The SMILES string of the molecule is C=C(C)C(=O)OCCO.O=[C]O. The van der Waals surface area contributed by atoms with Crippen molar-refractivity contribution in [1.82, 2.24) is 0 Å². The maximum Gasteiger partial charge on any atom is 0.414 e. The van der Waals surface area contributed by atoms with Crippen LogP contribution in [0, 0.1) is 0 Å². The van der Waals surface area contributed by atoms with Crippen molar-refractivity contribution in [2.45, 2.75) is 6.92 Å². The number of rotatable bonds is 3. The Morgan fingerprint density at radius 1 is 1.67 bits per heavy atom. The van der Waals surface area contributed by atoms with Gasteiger partial charge in [-0.25, -0.2) is 9.59 Å². The molecule has 0 aromatic rings. The summed E-state index contributed by atoms with van der Waals surface area (Å²) >= 11 is 0. The summed E-state index contributed by atoms with van der Waals surface area (Å²) in [5.74, 6) is -0.455. The van der Waals surface area contributed by atoms with E-state index in [2.05, 4.69) is 11.3 Å². The zero-order valence-electron chi connectivity index (χ0n) is 6.74. The Morgan fingerprint density at radius 3 is 2.33 bits per heavy atom. The third-order valence-corrected chi connectivity index (χ3v) is 0.673. The van der Waals surface area contributed by atoms with Crippen molar-refractivity contribution in [3.8, 4) is 0 Å². The molecule has 0 unspecified atom stereocenters. The van der Waals surface area contributed by atoms with Gasteiger partial charge in [-0.2, -0.15) is 0 Å². The molecule has 69 valence electrons. The van der Waals surface area contributed by atoms with E-state index in [1.165, 1.54) is 0 Å². The summed E-state index contributed by atoms with van der Waals surface area (Å²) < 4.78 is 4.46. The molecule has 0 saturated heterocycles. The Balaban J connectivity index is 0. The lowest BCUT2D eigenvalue weighted by Crippen LogP contribution is -2.08. The van der Waals surface area contributed by atoms with Crippen LogP contribution in [-0.4, -0.2) is 35.9 Å². The number of hydrogen-bond acceptors (Lipinski definition) is 4. The van der Waals surface area contributed by atoms with Crippen molar-refractivity contribution in [3.05, 3.63) is 12.2 Å². The van der Waals surface area contributed by atoms with E-state index in [-0.39, 0.29) is 13.2 Å². The minimum atomic E-state index is -0.455. The Bertz CT molecular complexity index is 152. The van der Waals surface area contributed by atoms with Crippen LogP contribution in [0.4, 0.5) is 0 Å². The van der Waals surface area contributed by atoms with Gasteiger partial charge in [-0.15, -0.1) is 0 Å². The summed E-state index contributed by atoms with van der Waals surface area (Å²) in [6.45, 7) is 5.31. The number of carbonyl (C=O) groups is 1. The first-order valence-corrected chi connectivity index (χ1v) is 3.04. The van der Waals surface area contributed by atoms with E-state index >= 15 is 0 Å². The topological polar surface area (TPSA) is 83.8 Å². The van der Waals surface area contributed by atoms with Gasteiger partial charge >= 0.3 is 12.4 Å². The largest absolute Gasteiger partial charge is 0.473 e. The van der Waals surface area contributed by atoms with Gasteiger partial charge in [0.25, 0.3) is 0 Å². The van der Waals surface area contributed by atoms with Gasteiger partial charge in [0.1, 0.15) is 6.61 Å². The lowest BCUT2D eigenvalue weighted by atomic mass is 10.4. The fraction of sp³-hybridized carbons (Fsp3) is 0.429. The number of hydrogen-bond donors (Lipinski definition) is 2. The molecule has 2 N–H and O–H groups in total. The highest BCUT2D eigenvalue weighted by Gasteiger charge is 1.99. The van der Waals surface area contributed by atoms with Crippen LogP contribution in [0.5, 0.6) is 0 Å². The highest BCUT2D eigenvalue weighted by Crippen LogP contribution is 1.89. The zero-order chi connectivity index (χ0) is 9.98. The van der Waals surface area contributed by atoms with Crippen LogP contribution in [0.1, 0.15) is 6.92 Å². The minimum Gasteiger partial charge on any atom is -0.473 e. The molecule has 5 nitrogen and oxygen atoms in total. The van der Waals surface area contributed by atoms with Gasteiger partial charge in [0.2, 0.25) is 0 Å². The summed E-state index contributed by atoms with van der Waals surface area (Å²) in [6.07, 6.45) is 0. The van der Waals surface area contributed by atoms with Crippen molar-refractivity contribution < 1.29 is 24.5 Å². The number of ether oxygens (including phenoxy) is 1. The van der Waals surface area contributed by atoms with E-state index in [9.17, 15) is 4.79 Å². The van der Waals surface area contributed by atoms with E-state index in [0.717, 1.165) is 0 Å². The third-order valence-electron chi connectivity index (χ3n) is 0.673. The van der Waals surface area contributed by atoms with Crippen LogP contribution in [0.2, 0.25) is 0 Å². The van der Waals surface area contributed by atoms with E-state index in [4.69, 9.17) is 15.0 Å². The van der Waals surface area contributed by atoms with E-state index in [1.54, 1.807) is 6.92 Å². The first-order chi connectivity index (χ1) is 5.59. The number of esters is 1. The summed E-state index contributed by atoms with van der Waals surface area (Å²) in [5, 5.41) is 15.0. The Labute approximate surface area is 70.3 Å². The molecule has 1 radical (unpaired) electrons. The molecule has 0 atom stereocenters. The maximum absolute atomic E-state index is 10.5. The number of carbonyl (C=O) groups excluding carboxylic acids is 1. The molecular formula is C7H11O5. The van der Waals surface area contributed by atoms with E-state index in [0.29, 0.717) is 12.0 Å². The average molecular weight is 175 g/mol. The van der Waals surface area contributed by atoms with Gasteiger partial charge in [0.05, 0.1) is 6.61 Å². The molecule has 0 aliphatic rings. The third kappa shape index (κ3) is 11.4. The van der Waals surface area contributed by atoms with E-state index in [1.807, 2.05) is 0 Å². The highest BCUT2D eigenvalue weighted by atomic mass is 16.5. The smallest absolute Gasteiger partial charge is 0.414 e. The first kappa shape index (κ1) is 13.2. The molecule has 0 fully saturated rings. The van der Waals surface area contributed by atoms with Crippen LogP contribution < -0.4 is 0 Å².